The molecule has 4 rings (SSSR count). The van der Waals surface area contributed by atoms with Crippen LogP contribution in [0.3, 0.4) is 0 Å². The maximum atomic E-state index is 11.8. The van der Waals surface area contributed by atoms with Crippen molar-refractivity contribution in [1.82, 2.24) is 14.6 Å². The van der Waals surface area contributed by atoms with E-state index in [1.165, 1.54) is 15.9 Å². The molecule has 0 spiro atoms. The molecular weight excluding hydrogens is 472 g/mol. The summed E-state index contributed by atoms with van der Waals surface area (Å²) in [5, 5.41) is 16.9. The molecule has 0 atom stereocenters. The van der Waals surface area contributed by atoms with Gasteiger partial charge in [0, 0.05) is 16.1 Å². The molecule has 4 aromatic rings. The third-order valence-corrected chi connectivity index (χ3v) is 6.15. The van der Waals surface area contributed by atoms with Gasteiger partial charge in [-0.05, 0) is 46.4 Å². The van der Waals surface area contributed by atoms with Gasteiger partial charge >= 0.3 is 10.8 Å². The average molecular weight is 489 g/mol. The molecule has 2 heterocycles. The molecule has 154 valence electrons. The first kappa shape index (κ1) is 20.3. The largest absolute Gasteiger partial charge is 0.496 e. The maximum Gasteiger partial charge on any atom is 0.377 e. The highest BCUT2D eigenvalue weighted by Crippen LogP contribution is 2.40. The van der Waals surface area contributed by atoms with Crippen LogP contribution >= 0.6 is 27.3 Å². The van der Waals surface area contributed by atoms with Crippen LogP contribution in [0.5, 0.6) is 11.5 Å². The fraction of sp³-hybridized carbons (Fsp3) is 0.200. The van der Waals surface area contributed by atoms with Gasteiger partial charge < -0.3 is 19.6 Å². The molecule has 0 bridgehead atoms. The van der Waals surface area contributed by atoms with Crippen LogP contribution in [0.1, 0.15) is 12.5 Å². The molecule has 0 fully saturated rings. The molecule has 0 unspecified atom stereocenters. The van der Waals surface area contributed by atoms with Gasteiger partial charge in [0.05, 0.1) is 19.8 Å². The van der Waals surface area contributed by atoms with E-state index in [1.54, 1.807) is 32.4 Å². The summed E-state index contributed by atoms with van der Waals surface area (Å²) in [5.41, 5.74) is 2.67. The molecule has 2 aromatic heterocycles. The number of hydrogen-bond acceptors (Lipinski definition) is 7. The zero-order chi connectivity index (χ0) is 21.4. The highest BCUT2D eigenvalue weighted by Gasteiger charge is 2.29. The number of aromatic nitrogens is 3. The Morgan fingerprint density at radius 3 is 2.47 bits per heavy atom. The molecule has 0 aliphatic rings. The molecule has 30 heavy (non-hydrogen) atoms. The minimum atomic E-state index is -0.455. The molecule has 0 aliphatic carbocycles. The van der Waals surface area contributed by atoms with Crippen LogP contribution < -0.4 is 9.47 Å². The van der Waals surface area contributed by atoms with Crippen molar-refractivity contribution in [2.24, 2.45) is 0 Å². The Balaban J connectivity index is 1.89. The lowest BCUT2D eigenvalue weighted by Crippen LogP contribution is -1.98. The summed E-state index contributed by atoms with van der Waals surface area (Å²) in [6, 6.07) is 11.0. The SMILES string of the molecule is CCc1cc(-c2nn3c([N+](=O)[O-])c(-c4ccc(Br)cc4)nc3s2)c(OC)cc1OC. The van der Waals surface area contributed by atoms with Crippen LogP contribution in [-0.2, 0) is 6.42 Å². The van der Waals surface area contributed by atoms with E-state index >= 15 is 0 Å². The van der Waals surface area contributed by atoms with Crippen molar-refractivity contribution >= 4 is 38.0 Å². The Hall–Kier alpha value is -2.98. The van der Waals surface area contributed by atoms with E-state index in [9.17, 15) is 10.1 Å². The van der Waals surface area contributed by atoms with E-state index in [0.717, 1.165) is 27.8 Å². The number of fused-ring (bicyclic) bond motifs is 1. The number of ether oxygens (including phenoxy) is 2. The fourth-order valence-corrected chi connectivity index (χ4v) is 4.40. The number of nitro groups is 1. The first-order valence-corrected chi connectivity index (χ1v) is 10.6. The van der Waals surface area contributed by atoms with Gasteiger partial charge in [0.25, 0.3) is 0 Å². The quantitative estimate of drug-likeness (QED) is 0.267. The molecular formula is C20H17BrN4O4S. The number of aryl methyl sites for hydroxylation is 1. The third-order valence-electron chi connectivity index (χ3n) is 4.68. The number of benzene rings is 2. The van der Waals surface area contributed by atoms with Crippen molar-refractivity contribution in [2.75, 3.05) is 14.2 Å². The van der Waals surface area contributed by atoms with Crippen LogP contribution in [0.25, 0.3) is 26.8 Å². The van der Waals surface area contributed by atoms with Gasteiger partial charge in [-0.25, -0.2) is 0 Å². The number of methoxy groups -OCH3 is 2. The van der Waals surface area contributed by atoms with Gasteiger partial charge in [-0.1, -0.05) is 44.6 Å². The van der Waals surface area contributed by atoms with E-state index in [0.29, 0.717) is 21.3 Å². The van der Waals surface area contributed by atoms with Crippen molar-refractivity contribution in [3.05, 3.63) is 56.5 Å². The minimum Gasteiger partial charge on any atom is -0.496 e. The second kappa shape index (κ2) is 8.04. The third kappa shape index (κ3) is 3.41. The van der Waals surface area contributed by atoms with Gasteiger partial charge in [0.1, 0.15) is 11.5 Å². The summed E-state index contributed by atoms with van der Waals surface area (Å²) in [5.74, 6) is 1.14. The monoisotopic (exact) mass is 488 g/mol. The van der Waals surface area contributed by atoms with Crippen molar-refractivity contribution in [1.29, 1.82) is 0 Å². The van der Waals surface area contributed by atoms with Crippen molar-refractivity contribution < 1.29 is 14.4 Å². The second-order valence-corrected chi connectivity index (χ2v) is 8.24. The zero-order valence-electron chi connectivity index (χ0n) is 16.4. The Bertz CT molecular complexity index is 1250. The van der Waals surface area contributed by atoms with Gasteiger partial charge in [0.15, 0.2) is 10.7 Å². The molecule has 0 N–H and O–H groups in total. The summed E-state index contributed by atoms with van der Waals surface area (Å²) in [6.45, 7) is 2.03. The normalized spacial score (nSPS) is 11.1. The van der Waals surface area contributed by atoms with E-state index in [1.807, 2.05) is 25.1 Å². The Kier molecular flexibility index (Phi) is 5.44. The van der Waals surface area contributed by atoms with Crippen LogP contribution in [-0.4, -0.2) is 33.7 Å². The van der Waals surface area contributed by atoms with Gasteiger partial charge in [-0.3, -0.25) is 0 Å². The van der Waals surface area contributed by atoms with E-state index in [4.69, 9.17) is 9.47 Å². The van der Waals surface area contributed by atoms with E-state index in [-0.39, 0.29) is 11.5 Å². The lowest BCUT2D eigenvalue weighted by Gasteiger charge is -2.12. The smallest absolute Gasteiger partial charge is 0.377 e. The van der Waals surface area contributed by atoms with Crippen molar-refractivity contribution in [3.63, 3.8) is 0 Å². The summed E-state index contributed by atoms with van der Waals surface area (Å²) in [7, 11) is 3.18. The molecule has 8 nitrogen and oxygen atoms in total. The van der Waals surface area contributed by atoms with Gasteiger partial charge in [0.2, 0.25) is 0 Å². The molecule has 0 aliphatic heterocycles. The molecule has 2 aromatic carbocycles. The molecule has 0 amide bonds. The van der Waals surface area contributed by atoms with E-state index < -0.39 is 4.92 Å². The number of nitrogens with zero attached hydrogens (tertiary/aromatic N) is 4. The number of hydrogen-bond donors (Lipinski definition) is 0. The predicted octanol–water partition coefficient (Wildman–Crippen LogP) is 5.38. The van der Waals surface area contributed by atoms with E-state index in [2.05, 4.69) is 26.0 Å². The number of imidazole rings is 1. The highest BCUT2D eigenvalue weighted by molar-refractivity contribution is 9.10. The lowest BCUT2D eigenvalue weighted by molar-refractivity contribution is -0.390. The minimum absolute atomic E-state index is 0.169. The van der Waals surface area contributed by atoms with Crippen molar-refractivity contribution in [3.8, 4) is 33.3 Å². The molecule has 0 saturated heterocycles. The standard InChI is InChI=1S/C20H17BrN4O4S/c1-4-11-9-14(16(29-3)10-15(11)28-2)18-23-24-19(25(26)27)17(22-20(24)30-18)12-5-7-13(21)8-6-12/h5-10H,4H2,1-3H3. The highest BCUT2D eigenvalue weighted by atomic mass is 79.9. The Morgan fingerprint density at radius 2 is 1.87 bits per heavy atom. The maximum absolute atomic E-state index is 11.8. The van der Waals surface area contributed by atoms with Gasteiger partial charge in [-0.2, -0.15) is 4.98 Å². The molecule has 0 radical (unpaired) electrons. The topological polar surface area (TPSA) is 91.8 Å². The summed E-state index contributed by atoms with van der Waals surface area (Å²) in [4.78, 5) is 16.3. The zero-order valence-corrected chi connectivity index (χ0v) is 18.8. The second-order valence-electron chi connectivity index (χ2n) is 6.37. The van der Waals surface area contributed by atoms with Gasteiger partial charge in [-0.15, -0.1) is 0 Å². The summed E-state index contributed by atoms with van der Waals surface area (Å²) >= 11 is 4.64. The number of rotatable bonds is 6. The lowest BCUT2D eigenvalue weighted by atomic mass is 10.1. The first-order chi connectivity index (χ1) is 14.5. The van der Waals surface area contributed by atoms with Crippen LogP contribution in [0.4, 0.5) is 5.82 Å². The predicted molar refractivity (Wildman–Crippen MR) is 119 cm³/mol. The molecule has 0 saturated carbocycles. The first-order valence-electron chi connectivity index (χ1n) is 9.02. The summed E-state index contributed by atoms with van der Waals surface area (Å²) < 4.78 is 13.1. The van der Waals surface area contributed by atoms with Crippen LogP contribution in [0, 0.1) is 10.1 Å². The average Bonchev–Trinajstić information content (AvgIpc) is 3.30. The summed E-state index contributed by atoms with van der Waals surface area (Å²) in [6.07, 6.45) is 0.760. The van der Waals surface area contributed by atoms with Crippen LogP contribution in [0.15, 0.2) is 40.9 Å². The van der Waals surface area contributed by atoms with Crippen molar-refractivity contribution in [2.45, 2.75) is 13.3 Å². The number of halogens is 1. The molecule has 10 heteroatoms. The fourth-order valence-electron chi connectivity index (χ4n) is 3.22. The Labute approximate surface area is 184 Å². The van der Waals surface area contributed by atoms with Crippen LogP contribution in [0.2, 0.25) is 0 Å². The Morgan fingerprint density at radius 1 is 1.17 bits per heavy atom.